The molecule has 0 aromatic rings. The minimum absolute atomic E-state index is 0.242. The van der Waals surface area contributed by atoms with E-state index in [1.54, 1.807) is 0 Å². The van der Waals surface area contributed by atoms with Crippen LogP contribution < -0.4 is 0 Å². The summed E-state index contributed by atoms with van der Waals surface area (Å²) in [4.78, 5) is 0. The van der Waals surface area contributed by atoms with Gasteiger partial charge < -0.3 is 0 Å². The Morgan fingerprint density at radius 1 is 1.67 bits per heavy atom. The van der Waals surface area contributed by atoms with Gasteiger partial charge in [0.1, 0.15) is 0 Å². The van der Waals surface area contributed by atoms with Crippen LogP contribution in [-0.4, -0.2) is 6.43 Å². The Hall–Kier alpha value is -0.650. The zero-order chi connectivity index (χ0) is 9.19. The molecule has 1 rings (SSSR count). The van der Waals surface area contributed by atoms with Crippen LogP contribution in [0, 0.1) is 22.7 Å². The molecule has 0 aromatic heterocycles. The summed E-state index contributed by atoms with van der Waals surface area (Å²) in [7, 11) is 0. The largest absolute Gasteiger partial charge is 0.240 e. The Balaban J connectivity index is 2.60. The second-order valence-corrected chi connectivity index (χ2v) is 3.84. The van der Waals surface area contributed by atoms with Crippen molar-refractivity contribution in [3.8, 4) is 6.07 Å². The smallest absolute Gasteiger partial charge is 0.210 e. The first-order valence-electron chi connectivity index (χ1n) is 4.27. The van der Waals surface area contributed by atoms with Crippen LogP contribution >= 0.6 is 0 Å². The molecule has 0 radical (unpaired) electrons. The normalized spacial score (nSPS) is 35.4. The molecule has 1 aliphatic carbocycles. The predicted molar refractivity (Wildman–Crippen MR) is 41.7 cm³/mol. The highest BCUT2D eigenvalue weighted by molar-refractivity contribution is 5.03. The lowest BCUT2D eigenvalue weighted by Crippen LogP contribution is -2.18. The minimum atomic E-state index is -2.34. The molecule has 3 heteroatoms. The molecule has 0 bridgehead atoms. The van der Waals surface area contributed by atoms with E-state index in [2.05, 4.69) is 6.07 Å². The van der Waals surface area contributed by atoms with Gasteiger partial charge in [-0.25, -0.2) is 8.78 Å². The van der Waals surface area contributed by atoms with E-state index in [1.165, 1.54) is 0 Å². The number of alkyl halides is 2. The van der Waals surface area contributed by atoms with E-state index in [0.717, 1.165) is 6.42 Å². The van der Waals surface area contributed by atoms with Crippen LogP contribution in [-0.2, 0) is 0 Å². The average Bonchev–Trinajstić information content (AvgIpc) is 2.32. The van der Waals surface area contributed by atoms with Crippen molar-refractivity contribution in [1.29, 1.82) is 5.26 Å². The Morgan fingerprint density at radius 3 is 2.67 bits per heavy atom. The lowest BCUT2D eigenvalue weighted by atomic mass is 9.84. The molecule has 0 saturated heterocycles. The van der Waals surface area contributed by atoms with Gasteiger partial charge in [-0.15, -0.1) is 0 Å². The van der Waals surface area contributed by atoms with E-state index in [-0.39, 0.29) is 6.42 Å². The van der Waals surface area contributed by atoms with Crippen LogP contribution in [0.4, 0.5) is 8.78 Å². The predicted octanol–water partition coefficient (Wildman–Crippen LogP) is 2.97. The lowest BCUT2D eigenvalue weighted by Gasteiger charge is -2.19. The number of nitrogens with zero attached hydrogens (tertiary/aromatic N) is 1. The summed E-state index contributed by atoms with van der Waals surface area (Å²) in [6.07, 6.45) is -0.369. The lowest BCUT2D eigenvalue weighted by molar-refractivity contribution is 0.0950. The zero-order valence-corrected chi connectivity index (χ0v) is 7.19. The molecule has 2 unspecified atom stereocenters. The number of halogens is 2. The van der Waals surface area contributed by atoms with Gasteiger partial charge in [0.2, 0.25) is 6.43 Å². The third-order valence-corrected chi connectivity index (χ3v) is 2.64. The first-order valence-corrected chi connectivity index (χ1v) is 4.27. The Morgan fingerprint density at radius 2 is 2.33 bits per heavy atom. The number of hydrogen-bond donors (Lipinski definition) is 0. The standard InChI is InChI=1S/C9H13F2N/c1-7-2-3-9(4-7,6-12)5-8(10)11/h7-8H,2-5H2,1H3. The van der Waals surface area contributed by atoms with E-state index in [9.17, 15) is 8.78 Å². The minimum Gasteiger partial charge on any atom is -0.210 e. The highest BCUT2D eigenvalue weighted by Crippen LogP contribution is 2.44. The highest BCUT2D eigenvalue weighted by Gasteiger charge is 2.39. The van der Waals surface area contributed by atoms with Crippen LogP contribution in [0.2, 0.25) is 0 Å². The molecule has 2 atom stereocenters. The fourth-order valence-electron chi connectivity index (χ4n) is 2.02. The maximum Gasteiger partial charge on any atom is 0.240 e. The molecule has 1 fully saturated rings. The number of rotatable bonds is 2. The molecule has 0 aliphatic heterocycles. The van der Waals surface area contributed by atoms with Crippen LogP contribution in [0.15, 0.2) is 0 Å². The summed E-state index contributed by atoms with van der Waals surface area (Å²) in [5.41, 5.74) is -0.715. The van der Waals surface area contributed by atoms with Crippen molar-refractivity contribution in [3.05, 3.63) is 0 Å². The molecule has 1 saturated carbocycles. The number of hydrogen-bond acceptors (Lipinski definition) is 1. The van der Waals surface area contributed by atoms with Crippen molar-refractivity contribution < 1.29 is 8.78 Å². The Labute approximate surface area is 71.4 Å². The quantitative estimate of drug-likeness (QED) is 0.629. The van der Waals surface area contributed by atoms with Crippen molar-refractivity contribution in [2.75, 3.05) is 0 Å². The van der Waals surface area contributed by atoms with Crippen molar-refractivity contribution in [2.24, 2.45) is 11.3 Å². The molecule has 0 spiro atoms. The third kappa shape index (κ3) is 1.94. The van der Waals surface area contributed by atoms with Crippen LogP contribution in [0.25, 0.3) is 0 Å². The van der Waals surface area contributed by atoms with Gasteiger partial charge in [-0.05, 0) is 25.2 Å². The van der Waals surface area contributed by atoms with Gasteiger partial charge in [-0.3, -0.25) is 0 Å². The Bertz CT molecular complexity index is 197. The van der Waals surface area contributed by atoms with Gasteiger partial charge in [-0.2, -0.15) is 5.26 Å². The van der Waals surface area contributed by atoms with Gasteiger partial charge in [0.25, 0.3) is 0 Å². The Kier molecular flexibility index (Phi) is 2.66. The van der Waals surface area contributed by atoms with Crippen molar-refractivity contribution in [1.82, 2.24) is 0 Å². The van der Waals surface area contributed by atoms with Gasteiger partial charge >= 0.3 is 0 Å². The molecule has 0 heterocycles. The first kappa shape index (κ1) is 9.44. The molecule has 1 nitrogen and oxygen atoms in total. The fraction of sp³-hybridized carbons (Fsp3) is 0.889. The highest BCUT2D eigenvalue weighted by atomic mass is 19.3. The van der Waals surface area contributed by atoms with Gasteiger partial charge in [-0.1, -0.05) is 6.92 Å². The number of nitriles is 1. The summed E-state index contributed by atoms with van der Waals surface area (Å²) >= 11 is 0. The summed E-state index contributed by atoms with van der Waals surface area (Å²) in [5.74, 6) is 0.434. The third-order valence-electron chi connectivity index (χ3n) is 2.64. The molecule has 0 aromatic carbocycles. The molecule has 0 amide bonds. The van der Waals surface area contributed by atoms with Crippen LogP contribution in [0.5, 0.6) is 0 Å². The van der Waals surface area contributed by atoms with Gasteiger partial charge in [0, 0.05) is 6.42 Å². The van der Waals surface area contributed by atoms with E-state index in [0.29, 0.717) is 18.8 Å². The molecule has 1 aliphatic rings. The summed E-state index contributed by atoms with van der Waals surface area (Å²) < 4.78 is 24.2. The maximum atomic E-state index is 12.1. The zero-order valence-electron chi connectivity index (χ0n) is 7.19. The van der Waals surface area contributed by atoms with E-state index in [4.69, 9.17) is 5.26 Å². The van der Waals surface area contributed by atoms with E-state index in [1.807, 2.05) is 6.92 Å². The molecular formula is C9H13F2N. The van der Waals surface area contributed by atoms with Crippen LogP contribution in [0.1, 0.15) is 32.6 Å². The van der Waals surface area contributed by atoms with Crippen molar-refractivity contribution in [2.45, 2.75) is 39.0 Å². The second-order valence-electron chi connectivity index (χ2n) is 3.84. The SMILES string of the molecule is CC1CCC(C#N)(CC(F)F)C1. The fourth-order valence-corrected chi connectivity index (χ4v) is 2.02. The van der Waals surface area contributed by atoms with Crippen molar-refractivity contribution in [3.63, 3.8) is 0 Å². The van der Waals surface area contributed by atoms with Crippen molar-refractivity contribution >= 4 is 0 Å². The molecule has 0 N–H and O–H groups in total. The monoisotopic (exact) mass is 173 g/mol. The first-order chi connectivity index (χ1) is 5.58. The molecule has 68 valence electrons. The second kappa shape index (κ2) is 3.38. The summed E-state index contributed by atoms with van der Waals surface area (Å²) in [6.45, 7) is 2.02. The molecular weight excluding hydrogens is 160 g/mol. The van der Waals surface area contributed by atoms with E-state index < -0.39 is 11.8 Å². The average molecular weight is 173 g/mol. The van der Waals surface area contributed by atoms with E-state index >= 15 is 0 Å². The topological polar surface area (TPSA) is 23.8 Å². The van der Waals surface area contributed by atoms with Gasteiger partial charge in [0.05, 0.1) is 11.5 Å². The molecule has 12 heavy (non-hydrogen) atoms. The summed E-state index contributed by atoms with van der Waals surface area (Å²) in [5, 5.41) is 8.80. The van der Waals surface area contributed by atoms with Crippen LogP contribution in [0.3, 0.4) is 0 Å². The van der Waals surface area contributed by atoms with Gasteiger partial charge in [0.15, 0.2) is 0 Å². The summed E-state index contributed by atoms with van der Waals surface area (Å²) in [6, 6.07) is 2.06. The maximum absolute atomic E-state index is 12.1.